The third-order valence-electron chi connectivity index (χ3n) is 6.49. The number of piperazine rings is 1. The van der Waals surface area contributed by atoms with Gasteiger partial charge in [0, 0.05) is 58.0 Å². The second kappa shape index (κ2) is 9.75. The van der Waals surface area contributed by atoms with Gasteiger partial charge in [0.2, 0.25) is 11.9 Å². The Morgan fingerprint density at radius 2 is 1.58 bits per heavy atom. The summed E-state index contributed by atoms with van der Waals surface area (Å²) < 4.78 is 42.2. The van der Waals surface area contributed by atoms with Crippen LogP contribution < -0.4 is 14.7 Å². The van der Waals surface area contributed by atoms with Crippen LogP contribution in [-0.4, -0.2) is 59.2 Å². The van der Waals surface area contributed by atoms with E-state index in [1.54, 1.807) is 25.3 Å². The highest BCUT2D eigenvalue weighted by atomic mass is 19.3. The van der Waals surface area contributed by atoms with E-state index in [0.717, 1.165) is 19.9 Å². The maximum atomic E-state index is 14.2. The van der Waals surface area contributed by atoms with E-state index in [9.17, 15) is 13.2 Å². The Morgan fingerprint density at radius 1 is 0.861 bits per heavy atom. The lowest BCUT2D eigenvalue weighted by Gasteiger charge is -2.37. The van der Waals surface area contributed by atoms with Gasteiger partial charge in [-0.1, -0.05) is 12.2 Å². The van der Waals surface area contributed by atoms with Gasteiger partial charge in [-0.3, -0.25) is 0 Å². The first kappa shape index (κ1) is 24.0. The molecule has 1 fully saturated rings. The molecule has 1 saturated heterocycles. The van der Waals surface area contributed by atoms with Crippen LogP contribution in [0.5, 0.6) is 0 Å². The maximum absolute atomic E-state index is 14.2. The predicted molar refractivity (Wildman–Crippen MR) is 134 cm³/mol. The van der Waals surface area contributed by atoms with Crippen molar-refractivity contribution in [1.29, 1.82) is 0 Å². The van der Waals surface area contributed by atoms with Crippen LogP contribution in [0.25, 0.3) is 11.4 Å². The molecule has 0 saturated carbocycles. The van der Waals surface area contributed by atoms with Crippen molar-refractivity contribution in [2.24, 2.45) is 0 Å². The van der Waals surface area contributed by atoms with Gasteiger partial charge in [-0.05, 0) is 49.2 Å². The third kappa shape index (κ3) is 4.98. The van der Waals surface area contributed by atoms with Crippen LogP contribution in [0.3, 0.4) is 0 Å². The number of hydrogen-bond acceptors (Lipinski definition) is 7. The van der Waals surface area contributed by atoms with E-state index in [-0.39, 0.29) is 11.4 Å². The summed E-state index contributed by atoms with van der Waals surface area (Å²) in [6.45, 7) is 6.17. The fourth-order valence-corrected chi connectivity index (χ4v) is 4.48. The number of aromatic nitrogens is 4. The summed E-state index contributed by atoms with van der Waals surface area (Å²) in [6.07, 6.45) is 6.66. The van der Waals surface area contributed by atoms with Crippen LogP contribution in [0.4, 0.5) is 30.9 Å². The summed E-state index contributed by atoms with van der Waals surface area (Å²) in [5, 5.41) is 0. The monoisotopic (exact) mass is 495 g/mol. The summed E-state index contributed by atoms with van der Waals surface area (Å²) in [5.74, 6) is -1.38. The zero-order chi connectivity index (χ0) is 25.3. The molecule has 0 N–H and O–H groups in total. The van der Waals surface area contributed by atoms with E-state index in [2.05, 4.69) is 22.0 Å². The third-order valence-corrected chi connectivity index (χ3v) is 6.49. The minimum Gasteiger partial charge on any atom is -0.353 e. The van der Waals surface area contributed by atoms with Crippen molar-refractivity contribution in [1.82, 2.24) is 19.9 Å². The molecule has 2 aromatic heterocycles. The Kier molecular flexibility index (Phi) is 6.51. The number of pyridine rings is 1. The van der Waals surface area contributed by atoms with Gasteiger partial charge in [0.25, 0.3) is 5.92 Å². The zero-order valence-electron chi connectivity index (χ0n) is 20.3. The van der Waals surface area contributed by atoms with Crippen molar-refractivity contribution >= 4 is 17.7 Å². The van der Waals surface area contributed by atoms with E-state index in [1.807, 2.05) is 9.80 Å². The second-order valence-corrected chi connectivity index (χ2v) is 9.17. The standard InChI is InChI=1S/C26H28F3N7/c1-18-17-19(8-9-21(18)27)22-31-24(35-11-4-3-5-12-35)33-25(32-22)36-15-13-34(14-16-36)23-20(26(2,28)29)7-6-10-30-23/h3-4,6-10,17H,5,11-16H2,1-2H3. The van der Waals surface area contributed by atoms with Gasteiger partial charge in [-0.15, -0.1) is 0 Å². The van der Waals surface area contributed by atoms with E-state index >= 15 is 0 Å². The number of nitrogens with zero attached hydrogens (tertiary/aromatic N) is 7. The SMILES string of the molecule is Cc1cc(-c2nc(N3CC=CCC3)nc(N3CCN(c4ncccc4C(C)(F)F)CC3)n2)ccc1F. The molecule has 0 bridgehead atoms. The van der Waals surface area contributed by atoms with E-state index < -0.39 is 5.92 Å². The van der Waals surface area contributed by atoms with Gasteiger partial charge < -0.3 is 14.7 Å². The Hall–Kier alpha value is -3.69. The summed E-state index contributed by atoms with van der Waals surface area (Å²) in [7, 11) is 0. The Balaban J connectivity index is 1.43. The van der Waals surface area contributed by atoms with Crippen LogP contribution >= 0.6 is 0 Å². The minimum atomic E-state index is -2.98. The van der Waals surface area contributed by atoms with E-state index in [1.165, 1.54) is 18.2 Å². The van der Waals surface area contributed by atoms with Gasteiger partial charge in [0.15, 0.2) is 5.82 Å². The summed E-state index contributed by atoms with van der Waals surface area (Å²) in [5.41, 5.74) is 1.16. The number of benzene rings is 1. The van der Waals surface area contributed by atoms with Crippen molar-refractivity contribution in [3.05, 3.63) is 65.6 Å². The molecule has 0 spiro atoms. The topological polar surface area (TPSA) is 61.3 Å². The lowest BCUT2D eigenvalue weighted by atomic mass is 10.1. The lowest BCUT2D eigenvalue weighted by molar-refractivity contribution is 0.0176. The molecule has 0 radical (unpaired) electrons. The first-order valence-electron chi connectivity index (χ1n) is 12.1. The second-order valence-electron chi connectivity index (χ2n) is 9.17. The number of rotatable bonds is 5. The predicted octanol–water partition coefficient (Wildman–Crippen LogP) is 4.59. The fraction of sp³-hybridized carbons (Fsp3) is 0.385. The van der Waals surface area contributed by atoms with Crippen LogP contribution in [0.2, 0.25) is 0 Å². The molecule has 0 unspecified atom stereocenters. The summed E-state index contributed by atoms with van der Waals surface area (Å²) in [6, 6.07) is 7.79. The van der Waals surface area contributed by atoms with Crippen molar-refractivity contribution in [3.8, 4) is 11.4 Å². The fourth-order valence-electron chi connectivity index (χ4n) is 4.48. The molecule has 0 atom stereocenters. The highest BCUT2D eigenvalue weighted by Crippen LogP contribution is 2.34. The molecule has 0 aliphatic carbocycles. The molecule has 2 aliphatic heterocycles. The minimum absolute atomic E-state index is 0.0759. The van der Waals surface area contributed by atoms with Crippen LogP contribution in [0, 0.1) is 12.7 Å². The van der Waals surface area contributed by atoms with Gasteiger partial charge in [-0.25, -0.2) is 18.2 Å². The number of hydrogen-bond donors (Lipinski definition) is 0. The highest BCUT2D eigenvalue weighted by Gasteiger charge is 2.32. The maximum Gasteiger partial charge on any atom is 0.274 e. The van der Waals surface area contributed by atoms with Crippen LogP contribution in [0.1, 0.15) is 24.5 Å². The van der Waals surface area contributed by atoms with Crippen LogP contribution in [-0.2, 0) is 5.92 Å². The first-order valence-corrected chi connectivity index (χ1v) is 12.1. The Labute approximate surface area is 208 Å². The number of aryl methyl sites for hydroxylation is 1. The number of alkyl halides is 2. The highest BCUT2D eigenvalue weighted by molar-refractivity contribution is 5.60. The van der Waals surface area contributed by atoms with E-state index in [0.29, 0.717) is 67.4 Å². The molecular formula is C26H28F3N7. The quantitative estimate of drug-likeness (QED) is 0.480. The van der Waals surface area contributed by atoms with Gasteiger partial charge >= 0.3 is 0 Å². The molecule has 188 valence electrons. The average Bonchev–Trinajstić information content (AvgIpc) is 2.90. The van der Waals surface area contributed by atoms with Crippen molar-refractivity contribution < 1.29 is 13.2 Å². The van der Waals surface area contributed by atoms with Gasteiger partial charge in [0.1, 0.15) is 11.6 Å². The van der Waals surface area contributed by atoms with Gasteiger partial charge in [-0.2, -0.15) is 15.0 Å². The normalized spacial score (nSPS) is 16.5. The molecule has 10 heteroatoms. The summed E-state index contributed by atoms with van der Waals surface area (Å²) in [4.78, 5) is 24.5. The first-order chi connectivity index (χ1) is 17.3. The zero-order valence-corrected chi connectivity index (χ0v) is 20.3. The molecule has 0 amide bonds. The molecule has 3 aromatic rings. The molecule has 1 aromatic carbocycles. The van der Waals surface area contributed by atoms with Crippen molar-refractivity contribution in [3.63, 3.8) is 0 Å². The smallest absolute Gasteiger partial charge is 0.274 e. The molecular weight excluding hydrogens is 467 g/mol. The van der Waals surface area contributed by atoms with E-state index in [4.69, 9.17) is 15.0 Å². The van der Waals surface area contributed by atoms with Gasteiger partial charge in [0.05, 0.1) is 5.56 Å². The molecule has 4 heterocycles. The Bertz CT molecular complexity index is 1270. The largest absolute Gasteiger partial charge is 0.353 e. The number of anilines is 3. The Morgan fingerprint density at radius 3 is 2.25 bits per heavy atom. The van der Waals surface area contributed by atoms with Crippen molar-refractivity contribution in [2.45, 2.75) is 26.2 Å². The average molecular weight is 496 g/mol. The van der Waals surface area contributed by atoms with Crippen LogP contribution in [0.15, 0.2) is 48.7 Å². The number of halogens is 3. The summed E-state index contributed by atoms with van der Waals surface area (Å²) >= 11 is 0. The molecule has 5 rings (SSSR count). The lowest BCUT2D eigenvalue weighted by Crippen LogP contribution is -2.48. The molecule has 2 aliphatic rings. The molecule has 36 heavy (non-hydrogen) atoms. The van der Waals surface area contributed by atoms with Crippen molar-refractivity contribution in [2.75, 3.05) is 54.0 Å². The molecule has 7 nitrogen and oxygen atoms in total.